The number of nitrogens with one attached hydrogen (secondary N) is 3. The molecule has 152 valence electrons. The van der Waals surface area contributed by atoms with Crippen molar-refractivity contribution in [2.45, 2.75) is 50.2 Å². The molecule has 0 aliphatic carbocycles. The highest BCUT2D eigenvalue weighted by atomic mass is 16.4. The zero-order chi connectivity index (χ0) is 20.5. The molecule has 1 saturated heterocycles. The molecule has 3 atom stereocenters. The predicted octanol–water partition coefficient (Wildman–Crippen LogP) is -0.699. The molecule has 0 saturated carbocycles. The van der Waals surface area contributed by atoms with Gasteiger partial charge in [0.25, 0.3) is 0 Å². The second kappa shape index (κ2) is 10.4. The number of carboxylic acid groups (broad SMARTS) is 1. The lowest BCUT2D eigenvalue weighted by molar-refractivity contribution is -0.142. The second-order valence-corrected chi connectivity index (χ2v) is 6.80. The van der Waals surface area contributed by atoms with Crippen LogP contribution < -0.4 is 21.7 Å². The Labute approximate surface area is 163 Å². The highest BCUT2D eigenvalue weighted by molar-refractivity contribution is 5.92. The van der Waals surface area contributed by atoms with Crippen molar-refractivity contribution < 1.29 is 24.3 Å². The van der Waals surface area contributed by atoms with Crippen molar-refractivity contribution in [3.05, 3.63) is 35.9 Å². The fraction of sp³-hybridized carbons (Fsp3) is 0.474. The lowest BCUT2D eigenvalue weighted by Gasteiger charge is -2.23. The third kappa shape index (κ3) is 6.66. The maximum Gasteiger partial charge on any atom is 0.326 e. The zero-order valence-electron chi connectivity index (χ0n) is 15.5. The SMILES string of the molecule is NC(=O)CC[C@H](NC(=O)[C@H](Cc1ccccc1)NC(=O)[C@H]1CCCN1)C(=O)O. The van der Waals surface area contributed by atoms with Crippen LogP contribution in [0.2, 0.25) is 0 Å². The minimum absolute atomic E-state index is 0.118. The van der Waals surface area contributed by atoms with Crippen LogP contribution in [0.5, 0.6) is 0 Å². The molecule has 0 bridgehead atoms. The van der Waals surface area contributed by atoms with E-state index in [4.69, 9.17) is 5.73 Å². The van der Waals surface area contributed by atoms with Gasteiger partial charge in [-0.15, -0.1) is 0 Å². The molecule has 3 amide bonds. The van der Waals surface area contributed by atoms with Crippen LogP contribution in [0, 0.1) is 0 Å². The molecule has 2 rings (SSSR count). The molecule has 0 unspecified atom stereocenters. The van der Waals surface area contributed by atoms with E-state index in [9.17, 15) is 24.3 Å². The average molecular weight is 390 g/mol. The molecule has 1 aromatic rings. The standard InChI is InChI=1S/C19H26N4O5/c20-16(24)9-8-14(19(27)28)22-18(26)15(11-12-5-2-1-3-6-12)23-17(25)13-7-4-10-21-13/h1-3,5-6,13-15,21H,4,7-11H2,(H2,20,24)(H,22,26)(H,23,25)(H,27,28)/t13-,14+,15+/m1/s1. The quantitative estimate of drug-likeness (QED) is 0.356. The Morgan fingerprint density at radius 2 is 1.86 bits per heavy atom. The van der Waals surface area contributed by atoms with E-state index in [1.54, 1.807) is 0 Å². The molecule has 6 N–H and O–H groups in total. The van der Waals surface area contributed by atoms with Crippen molar-refractivity contribution in [1.29, 1.82) is 0 Å². The van der Waals surface area contributed by atoms with Crippen LogP contribution in [-0.2, 0) is 25.6 Å². The smallest absolute Gasteiger partial charge is 0.326 e. The van der Waals surface area contributed by atoms with E-state index in [0.717, 1.165) is 18.5 Å². The van der Waals surface area contributed by atoms with Gasteiger partial charge in [-0.2, -0.15) is 0 Å². The summed E-state index contributed by atoms with van der Waals surface area (Å²) in [6, 6.07) is 6.55. The Balaban J connectivity index is 2.08. The van der Waals surface area contributed by atoms with Gasteiger partial charge in [-0.05, 0) is 31.4 Å². The molecular formula is C19H26N4O5. The predicted molar refractivity (Wildman–Crippen MR) is 101 cm³/mol. The number of carbonyl (C=O) groups is 4. The summed E-state index contributed by atoms with van der Waals surface area (Å²) in [5, 5.41) is 17.5. The van der Waals surface area contributed by atoms with Crippen molar-refractivity contribution in [1.82, 2.24) is 16.0 Å². The van der Waals surface area contributed by atoms with E-state index in [2.05, 4.69) is 16.0 Å². The number of benzene rings is 1. The minimum atomic E-state index is -1.27. The number of carbonyl (C=O) groups excluding carboxylic acids is 3. The van der Waals surface area contributed by atoms with Gasteiger partial charge < -0.3 is 26.8 Å². The summed E-state index contributed by atoms with van der Waals surface area (Å²) >= 11 is 0. The van der Waals surface area contributed by atoms with Gasteiger partial charge in [0.1, 0.15) is 12.1 Å². The maximum atomic E-state index is 12.7. The van der Waals surface area contributed by atoms with Crippen molar-refractivity contribution in [3.8, 4) is 0 Å². The zero-order valence-corrected chi connectivity index (χ0v) is 15.5. The van der Waals surface area contributed by atoms with Crippen molar-refractivity contribution in [2.24, 2.45) is 5.73 Å². The molecule has 9 nitrogen and oxygen atoms in total. The molecule has 0 radical (unpaired) electrons. The summed E-state index contributed by atoms with van der Waals surface area (Å²) < 4.78 is 0. The first-order chi connectivity index (χ1) is 13.4. The number of aliphatic carboxylic acids is 1. The highest BCUT2D eigenvalue weighted by Gasteiger charge is 2.30. The molecule has 9 heteroatoms. The summed E-state index contributed by atoms with van der Waals surface area (Å²) in [4.78, 5) is 47.5. The lowest BCUT2D eigenvalue weighted by atomic mass is 10.0. The largest absolute Gasteiger partial charge is 0.480 e. The Kier molecular flexibility index (Phi) is 7.94. The van der Waals surface area contributed by atoms with Gasteiger partial charge in [0.05, 0.1) is 6.04 Å². The highest BCUT2D eigenvalue weighted by Crippen LogP contribution is 2.08. The Morgan fingerprint density at radius 3 is 2.43 bits per heavy atom. The van der Waals surface area contributed by atoms with Crippen molar-refractivity contribution in [3.63, 3.8) is 0 Å². The van der Waals surface area contributed by atoms with E-state index >= 15 is 0 Å². The number of primary amides is 1. The lowest BCUT2D eigenvalue weighted by Crippen LogP contribution is -2.55. The topological polar surface area (TPSA) is 151 Å². The molecule has 1 aliphatic rings. The fourth-order valence-electron chi connectivity index (χ4n) is 3.06. The first-order valence-electron chi connectivity index (χ1n) is 9.26. The number of nitrogens with two attached hydrogens (primary N) is 1. The molecular weight excluding hydrogens is 364 g/mol. The third-order valence-corrected chi connectivity index (χ3v) is 4.59. The molecule has 1 aliphatic heterocycles. The third-order valence-electron chi connectivity index (χ3n) is 4.59. The molecule has 1 heterocycles. The van der Waals surface area contributed by atoms with Gasteiger partial charge in [0.2, 0.25) is 17.7 Å². The number of rotatable bonds is 10. The first kappa shape index (κ1) is 21.4. The van der Waals surface area contributed by atoms with Crippen LogP contribution in [-0.4, -0.2) is 53.5 Å². The van der Waals surface area contributed by atoms with Crippen LogP contribution in [0.4, 0.5) is 0 Å². The van der Waals surface area contributed by atoms with E-state index in [1.165, 1.54) is 0 Å². The molecule has 1 aromatic carbocycles. The normalized spacial score (nSPS) is 18.1. The van der Waals surface area contributed by atoms with Gasteiger partial charge in [-0.25, -0.2) is 4.79 Å². The van der Waals surface area contributed by atoms with Gasteiger partial charge in [-0.1, -0.05) is 30.3 Å². The van der Waals surface area contributed by atoms with Crippen molar-refractivity contribution >= 4 is 23.7 Å². The second-order valence-electron chi connectivity index (χ2n) is 6.80. The number of carboxylic acids is 1. The summed E-state index contributed by atoms with van der Waals surface area (Å²) in [6.07, 6.45) is 1.49. The van der Waals surface area contributed by atoms with E-state index in [-0.39, 0.29) is 31.2 Å². The summed E-state index contributed by atoms with van der Waals surface area (Å²) in [6.45, 7) is 0.738. The minimum Gasteiger partial charge on any atom is -0.480 e. The van der Waals surface area contributed by atoms with E-state index in [0.29, 0.717) is 6.42 Å². The summed E-state index contributed by atoms with van der Waals surface area (Å²) in [7, 11) is 0. The van der Waals surface area contributed by atoms with Crippen LogP contribution in [0.15, 0.2) is 30.3 Å². The first-order valence-corrected chi connectivity index (χ1v) is 9.26. The van der Waals surface area contributed by atoms with Gasteiger partial charge in [-0.3, -0.25) is 14.4 Å². The summed E-state index contributed by atoms with van der Waals surface area (Å²) in [5.41, 5.74) is 5.89. The van der Waals surface area contributed by atoms with Crippen LogP contribution in [0.3, 0.4) is 0 Å². The summed E-state index contributed by atoms with van der Waals surface area (Å²) in [5.74, 6) is -2.83. The van der Waals surface area contributed by atoms with Crippen molar-refractivity contribution in [2.75, 3.05) is 6.54 Å². The Hall–Kier alpha value is -2.94. The van der Waals surface area contributed by atoms with Gasteiger partial charge in [0, 0.05) is 12.8 Å². The fourth-order valence-corrected chi connectivity index (χ4v) is 3.06. The monoisotopic (exact) mass is 390 g/mol. The number of amides is 3. The molecule has 0 aromatic heterocycles. The number of hydrogen-bond acceptors (Lipinski definition) is 5. The van der Waals surface area contributed by atoms with Gasteiger partial charge >= 0.3 is 5.97 Å². The Morgan fingerprint density at radius 1 is 1.14 bits per heavy atom. The number of hydrogen-bond donors (Lipinski definition) is 5. The maximum absolute atomic E-state index is 12.7. The molecule has 0 spiro atoms. The molecule has 28 heavy (non-hydrogen) atoms. The molecule has 1 fully saturated rings. The van der Waals surface area contributed by atoms with E-state index in [1.807, 2.05) is 30.3 Å². The van der Waals surface area contributed by atoms with Gasteiger partial charge in [0.15, 0.2) is 0 Å². The van der Waals surface area contributed by atoms with Crippen LogP contribution in [0.25, 0.3) is 0 Å². The average Bonchev–Trinajstić information content (AvgIpc) is 3.19. The van der Waals surface area contributed by atoms with E-state index < -0.39 is 29.9 Å². The van der Waals surface area contributed by atoms with Crippen LogP contribution >= 0.6 is 0 Å². The van der Waals surface area contributed by atoms with Crippen LogP contribution in [0.1, 0.15) is 31.2 Å². The Bertz CT molecular complexity index is 704.